The third-order valence-corrected chi connectivity index (χ3v) is 3.81. The fourth-order valence-corrected chi connectivity index (χ4v) is 2.46. The molecule has 0 aliphatic heterocycles. The Hall–Kier alpha value is -0.170. The molecule has 0 saturated carbocycles. The third-order valence-electron chi connectivity index (χ3n) is 1.95. The fraction of sp³-hybridized carbons (Fsp3) is 1.00. The number of sulfone groups is 1. The maximum Gasteiger partial charge on any atom is 0.151 e. The SMILES string of the molecule is CCCS(=O)(=O)CCNC(CO)COC. The van der Waals surface area contributed by atoms with Crippen molar-refractivity contribution < 1.29 is 18.3 Å². The van der Waals surface area contributed by atoms with Crippen LogP contribution in [-0.4, -0.2) is 57.9 Å². The first kappa shape index (κ1) is 14.8. The maximum atomic E-state index is 11.3. The van der Waals surface area contributed by atoms with E-state index in [0.29, 0.717) is 19.6 Å². The molecule has 6 heteroatoms. The summed E-state index contributed by atoms with van der Waals surface area (Å²) >= 11 is 0. The zero-order valence-corrected chi connectivity index (χ0v) is 10.2. The molecule has 0 aromatic heterocycles. The van der Waals surface area contributed by atoms with E-state index in [1.807, 2.05) is 6.92 Å². The van der Waals surface area contributed by atoms with Crippen molar-refractivity contribution in [1.82, 2.24) is 5.32 Å². The second kappa shape index (κ2) is 8.04. The summed E-state index contributed by atoms with van der Waals surface area (Å²) < 4.78 is 27.5. The lowest BCUT2D eigenvalue weighted by Crippen LogP contribution is -2.39. The topological polar surface area (TPSA) is 75.6 Å². The first-order valence-corrected chi connectivity index (χ1v) is 6.91. The van der Waals surface area contributed by atoms with Gasteiger partial charge in [-0.1, -0.05) is 6.92 Å². The van der Waals surface area contributed by atoms with Gasteiger partial charge in [0, 0.05) is 19.4 Å². The first-order valence-electron chi connectivity index (χ1n) is 5.09. The molecule has 15 heavy (non-hydrogen) atoms. The van der Waals surface area contributed by atoms with E-state index in [0.717, 1.165) is 0 Å². The highest BCUT2D eigenvalue weighted by Crippen LogP contribution is 1.93. The number of hydrogen-bond acceptors (Lipinski definition) is 5. The number of rotatable bonds is 9. The van der Waals surface area contributed by atoms with Crippen molar-refractivity contribution in [2.75, 3.05) is 38.4 Å². The highest BCUT2D eigenvalue weighted by Gasteiger charge is 2.11. The quantitative estimate of drug-likeness (QED) is 0.562. The number of hydrogen-bond donors (Lipinski definition) is 2. The average Bonchev–Trinajstić information content (AvgIpc) is 2.16. The molecule has 0 fully saturated rings. The van der Waals surface area contributed by atoms with Gasteiger partial charge in [0.15, 0.2) is 9.84 Å². The van der Waals surface area contributed by atoms with E-state index in [4.69, 9.17) is 9.84 Å². The lowest BCUT2D eigenvalue weighted by Gasteiger charge is -2.14. The molecule has 0 bridgehead atoms. The summed E-state index contributed by atoms with van der Waals surface area (Å²) in [5.74, 6) is 0.337. The van der Waals surface area contributed by atoms with E-state index in [1.54, 1.807) is 0 Å². The Balaban J connectivity index is 3.76. The van der Waals surface area contributed by atoms with E-state index >= 15 is 0 Å². The van der Waals surface area contributed by atoms with E-state index in [9.17, 15) is 8.42 Å². The van der Waals surface area contributed by atoms with Crippen molar-refractivity contribution in [2.45, 2.75) is 19.4 Å². The van der Waals surface area contributed by atoms with Crippen LogP contribution in [0.5, 0.6) is 0 Å². The zero-order valence-electron chi connectivity index (χ0n) is 9.40. The van der Waals surface area contributed by atoms with Gasteiger partial charge in [0.25, 0.3) is 0 Å². The van der Waals surface area contributed by atoms with Crippen molar-refractivity contribution in [3.05, 3.63) is 0 Å². The molecule has 1 atom stereocenters. The smallest absolute Gasteiger partial charge is 0.151 e. The minimum absolute atomic E-state index is 0.0539. The standard InChI is InChI=1S/C9H21NO4S/c1-3-5-15(12,13)6-4-10-9(7-11)8-14-2/h9-11H,3-8H2,1-2H3. The van der Waals surface area contributed by atoms with Crippen LogP contribution in [0.2, 0.25) is 0 Å². The molecule has 0 aromatic rings. The van der Waals surface area contributed by atoms with Gasteiger partial charge in [-0.05, 0) is 6.42 Å². The molecule has 0 saturated heterocycles. The summed E-state index contributed by atoms with van der Waals surface area (Å²) in [5, 5.41) is 11.8. The van der Waals surface area contributed by atoms with Crippen molar-refractivity contribution in [3.8, 4) is 0 Å². The largest absolute Gasteiger partial charge is 0.395 e. The summed E-state index contributed by atoms with van der Waals surface area (Å²) in [6, 6.07) is -0.188. The van der Waals surface area contributed by atoms with Gasteiger partial charge in [0.05, 0.1) is 25.0 Å². The second-order valence-corrected chi connectivity index (χ2v) is 5.74. The molecular formula is C9H21NO4S. The van der Waals surface area contributed by atoms with Gasteiger partial charge in [-0.2, -0.15) is 0 Å². The monoisotopic (exact) mass is 239 g/mol. The van der Waals surface area contributed by atoms with Gasteiger partial charge < -0.3 is 15.2 Å². The van der Waals surface area contributed by atoms with Crippen molar-refractivity contribution in [3.63, 3.8) is 0 Å². The van der Waals surface area contributed by atoms with Gasteiger partial charge in [-0.25, -0.2) is 8.42 Å². The van der Waals surface area contributed by atoms with Crippen molar-refractivity contribution in [2.24, 2.45) is 0 Å². The Morgan fingerprint density at radius 3 is 2.53 bits per heavy atom. The Bertz CT molecular complexity index is 240. The van der Waals surface area contributed by atoms with Crippen LogP contribution in [0.4, 0.5) is 0 Å². The van der Waals surface area contributed by atoms with Gasteiger partial charge in [0.2, 0.25) is 0 Å². The Kier molecular flexibility index (Phi) is 7.95. The highest BCUT2D eigenvalue weighted by atomic mass is 32.2. The molecule has 0 rings (SSSR count). The predicted molar refractivity (Wildman–Crippen MR) is 59.7 cm³/mol. The summed E-state index contributed by atoms with van der Waals surface area (Å²) in [5.41, 5.74) is 0. The number of aliphatic hydroxyl groups is 1. The van der Waals surface area contributed by atoms with Crippen LogP contribution >= 0.6 is 0 Å². The number of methoxy groups -OCH3 is 1. The minimum atomic E-state index is -2.94. The number of aliphatic hydroxyl groups excluding tert-OH is 1. The van der Waals surface area contributed by atoms with Crippen molar-refractivity contribution >= 4 is 9.84 Å². The summed E-state index contributed by atoms with van der Waals surface area (Å²) in [6.45, 7) is 2.52. The molecule has 0 aliphatic carbocycles. The highest BCUT2D eigenvalue weighted by molar-refractivity contribution is 7.91. The van der Waals surface area contributed by atoms with E-state index in [-0.39, 0.29) is 24.2 Å². The summed E-state index contributed by atoms with van der Waals surface area (Å²) in [4.78, 5) is 0. The molecule has 1 unspecified atom stereocenters. The molecule has 2 N–H and O–H groups in total. The Morgan fingerprint density at radius 2 is 2.07 bits per heavy atom. The molecule has 0 aromatic carbocycles. The maximum absolute atomic E-state index is 11.3. The van der Waals surface area contributed by atoms with Crippen LogP contribution < -0.4 is 5.32 Å². The van der Waals surface area contributed by atoms with Crippen LogP contribution in [0.25, 0.3) is 0 Å². The van der Waals surface area contributed by atoms with Gasteiger partial charge in [-0.15, -0.1) is 0 Å². The lowest BCUT2D eigenvalue weighted by atomic mass is 10.3. The Morgan fingerprint density at radius 1 is 1.40 bits per heavy atom. The number of ether oxygens (including phenoxy) is 1. The third kappa shape index (κ3) is 7.72. The second-order valence-electron chi connectivity index (χ2n) is 3.44. The average molecular weight is 239 g/mol. The van der Waals surface area contributed by atoms with Gasteiger partial charge >= 0.3 is 0 Å². The molecule has 92 valence electrons. The van der Waals surface area contributed by atoms with Crippen LogP contribution in [0.15, 0.2) is 0 Å². The first-order chi connectivity index (χ1) is 7.05. The van der Waals surface area contributed by atoms with Crippen LogP contribution in [-0.2, 0) is 14.6 Å². The molecule has 0 aliphatic rings. The lowest BCUT2D eigenvalue weighted by molar-refractivity contribution is 0.130. The fourth-order valence-electron chi connectivity index (χ4n) is 1.21. The van der Waals surface area contributed by atoms with Gasteiger partial charge in [-0.3, -0.25) is 0 Å². The van der Waals surface area contributed by atoms with E-state index < -0.39 is 9.84 Å². The molecule has 0 amide bonds. The Labute approximate surface area is 91.7 Å². The molecule has 0 spiro atoms. The van der Waals surface area contributed by atoms with Crippen LogP contribution in [0, 0.1) is 0 Å². The van der Waals surface area contributed by atoms with Crippen LogP contribution in [0.1, 0.15) is 13.3 Å². The predicted octanol–water partition coefficient (Wildman–Crippen LogP) is -0.592. The minimum Gasteiger partial charge on any atom is -0.395 e. The summed E-state index contributed by atoms with van der Waals surface area (Å²) in [7, 11) is -1.40. The summed E-state index contributed by atoms with van der Waals surface area (Å²) in [6.07, 6.45) is 0.643. The number of nitrogens with one attached hydrogen (secondary N) is 1. The molecular weight excluding hydrogens is 218 g/mol. The molecule has 5 nitrogen and oxygen atoms in total. The zero-order chi connectivity index (χ0) is 11.7. The van der Waals surface area contributed by atoms with Crippen LogP contribution in [0.3, 0.4) is 0 Å². The molecule has 0 heterocycles. The van der Waals surface area contributed by atoms with E-state index in [1.165, 1.54) is 7.11 Å². The van der Waals surface area contributed by atoms with Gasteiger partial charge in [0.1, 0.15) is 0 Å². The normalized spacial score (nSPS) is 14.1. The van der Waals surface area contributed by atoms with Crippen molar-refractivity contribution in [1.29, 1.82) is 0 Å². The molecule has 0 radical (unpaired) electrons. The van der Waals surface area contributed by atoms with E-state index in [2.05, 4.69) is 5.32 Å².